The highest BCUT2D eigenvalue weighted by Crippen LogP contribution is 2.35. The molecular weight excluding hydrogens is 820 g/mol. The first kappa shape index (κ1) is 32.7. The van der Waals surface area contributed by atoms with Crippen molar-refractivity contribution in [3.05, 3.63) is 115 Å². The van der Waals surface area contributed by atoms with Crippen molar-refractivity contribution in [1.82, 2.24) is 4.57 Å². The predicted octanol–water partition coefficient (Wildman–Crippen LogP) is 5.48. The fraction of sp³-hybridized carbons (Fsp3) is 0.212. The molecule has 4 aromatic rings. The minimum Gasteiger partial charge on any atom is -0.490 e. The maximum Gasteiger partial charge on any atom is 0.337 e. The molecule has 1 atom stereocenters. The second kappa shape index (κ2) is 14.6. The molecule has 0 amide bonds. The zero-order chi connectivity index (χ0) is 32.1. The van der Waals surface area contributed by atoms with Gasteiger partial charge in [0.05, 0.1) is 51.7 Å². The summed E-state index contributed by atoms with van der Waals surface area (Å²) in [6.07, 6.45) is 3.24. The molecule has 9 nitrogen and oxygen atoms in total. The second-order valence-electron chi connectivity index (χ2n) is 9.61. The van der Waals surface area contributed by atoms with Gasteiger partial charge in [-0.25, -0.2) is 9.79 Å². The van der Waals surface area contributed by atoms with Crippen LogP contribution in [-0.2, 0) is 16.1 Å². The van der Waals surface area contributed by atoms with Gasteiger partial charge in [-0.2, -0.15) is 5.26 Å². The number of hydrogen-bond donors (Lipinski definition) is 0. The quantitative estimate of drug-likeness (QED) is 0.154. The number of nitrogens with zero attached hydrogens (tertiary/aromatic N) is 3. The van der Waals surface area contributed by atoms with Gasteiger partial charge in [-0.3, -0.25) is 9.36 Å². The standard InChI is InChI=1S/C33H27I2N3O6S/c1-4-42-26-11-10-19(13-27(26)43-5-2)29-24(32(40)41-3)17-37-33-38(29)31(39)28(45-33)14-22-12-23(34)15-25(35)30(22)44-18-21-9-7-6-8-20(21)16-36/h6-15,17,29H,4-5,18H2,1-3H3/b28-14+/t29-/m0/s1. The number of hydrogen-bond acceptors (Lipinski definition) is 9. The number of fused-ring (bicyclic) bond motifs is 1. The van der Waals surface area contributed by atoms with Crippen LogP contribution < -0.4 is 29.1 Å². The molecular formula is C33H27I2N3O6S. The normalized spacial score (nSPS) is 14.1. The summed E-state index contributed by atoms with van der Waals surface area (Å²) in [4.78, 5) is 32.0. The molecule has 5 rings (SSSR count). The molecule has 12 heteroatoms. The average Bonchev–Trinajstić information content (AvgIpc) is 3.35. The van der Waals surface area contributed by atoms with E-state index >= 15 is 0 Å². The van der Waals surface area contributed by atoms with E-state index in [-0.39, 0.29) is 17.7 Å². The summed E-state index contributed by atoms with van der Waals surface area (Å²) in [7, 11) is 1.30. The van der Waals surface area contributed by atoms with Gasteiger partial charge in [0.15, 0.2) is 16.3 Å². The lowest BCUT2D eigenvalue weighted by Gasteiger charge is -2.23. The SMILES string of the molecule is CCOc1ccc([C@H]2C(C(=O)OC)=CN=c3s/c(=C/c4cc(I)cc(I)c4OCc4ccccc4C#N)c(=O)n32)cc1OCC. The number of benzene rings is 3. The van der Waals surface area contributed by atoms with Crippen molar-refractivity contribution in [2.45, 2.75) is 26.5 Å². The Morgan fingerprint density at radius 2 is 1.82 bits per heavy atom. The molecule has 0 radical (unpaired) electrons. The van der Waals surface area contributed by atoms with Crippen LogP contribution in [0.2, 0.25) is 0 Å². The zero-order valence-electron chi connectivity index (χ0n) is 24.5. The number of ether oxygens (including phenoxy) is 4. The van der Waals surface area contributed by atoms with Crippen molar-refractivity contribution in [2.75, 3.05) is 20.3 Å². The van der Waals surface area contributed by atoms with Crippen LogP contribution in [0.5, 0.6) is 17.2 Å². The molecule has 1 aromatic heterocycles. The minimum absolute atomic E-state index is 0.185. The van der Waals surface area contributed by atoms with E-state index < -0.39 is 12.0 Å². The topological polar surface area (TPSA) is 112 Å². The van der Waals surface area contributed by atoms with E-state index in [1.54, 1.807) is 24.3 Å². The van der Waals surface area contributed by atoms with E-state index in [1.165, 1.54) is 29.2 Å². The number of carbonyl (C=O) groups excluding carboxylic acids is 1. The lowest BCUT2D eigenvalue weighted by Crippen LogP contribution is -2.39. The fourth-order valence-electron chi connectivity index (χ4n) is 4.87. The number of thiazole rings is 1. The van der Waals surface area contributed by atoms with Crippen LogP contribution in [0, 0.1) is 18.5 Å². The highest BCUT2D eigenvalue weighted by atomic mass is 127. The number of carbonyl (C=O) groups is 1. The zero-order valence-corrected chi connectivity index (χ0v) is 29.6. The summed E-state index contributed by atoms with van der Waals surface area (Å²) in [5.74, 6) is 1.07. The molecule has 0 aliphatic carbocycles. The van der Waals surface area contributed by atoms with E-state index in [1.807, 2.05) is 50.2 Å². The first-order valence-electron chi connectivity index (χ1n) is 13.9. The van der Waals surface area contributed by atoms with Crippen LogP contribution in [-0.4, -0.2) is 30.9 Å². The molecule has 230 valence electrons. The van der Waals surface area contributed by atoms with Gasteiger partial charge in [0.2, 0.25) is 0 Å². The van der Waals surface area contributed by atoms with Crippen LogP contribution in [0.25, 0.3) is 6.08 Å². The van der Waals surface area contributed by atoms with Gasteiger partial charge in [-0.05, 0) is 101 Å². The number of esters is 1. The maximum absolute atomic E-state index is 14.1. The fourth-order valence-corrected chi connectivity index (χ4v) is 7.88. The van der Waals surface area contributed by atoms with Crippen LogP contribution >= 0.6 is 56.5 Å². The van der Waals surface area contributed by atoms with Crippen LogP contribution in [0.1, 0.15) is 42.1 Å². The number of methoxy groups -OCH3 is 1. The second-order valence-corrected chi connectivity index (χ2v) is 13.0. The number of nitriles is 1. The lowest BCUT2D eigenvalue weighted by atomic mass is 9.97. The molecule has 45 heavy (non-hydrogen) atoms. The molecule has 0 fully saturated rings. The van der Waals surface area contributed by atoms with E-state index in [9.17, 15) is 14.9 Å². The molecule has 0 unspecified atom stereocenters. The highest BCUT2D eigenvalue weighted by Gasteiger charge is 2.31. The van der Waals surface area contributed by atoms with Crippen molar-refractivity contribution >= 4 is 68.6 Å². The van der Waals surface area contributed by atoms with Crippen molar-refractivity contribution in [1.29, 1.82) is 5.26 Å². The molecule has 0 spiro atoms. The Morgan fingerprint density at radius 1 is 1.07 bits per heavy atom. The Bertz CT molecular complexity index is 2030. The Labute approximate surface area is 290 Å². The average molecular weight is 847 g/mol. The summed E-state index contributed by atoms with van der Waals surface area (Å²) in [5.41, 5.74) is 2.54. The minimum atomic E-state index is -0.806. The van der Waals surface area contributed by atoms with Crippen LogP contribution in [0.4, 0.5) is 0 Å². The number of aromatic nitrogens is 1. The molecule has 2 heterocycles. The first-order chi connectivity index (χ1) is 21.8. The van der Waals surface area contributed by atoms with E-state index in [4.69, 9.17) is 18.9 Å². The predicted molar refractivity (Wildman–Crippen MR) is 187 cm³/mol. The summed E-state index contributed by atoms with van der Waals surface area (Å²) in [6.45, 7) is 4.81. The largest absolute Gasteiger partial charge is 0.490 e. The van der Waals surface area contributed by atoms with Crippen LogP contribution in [0.3, 0.4) is 0 Å². The smallest absolute Gasteiger partial charge is 0.337 e. The monoisotopic (exact) mass is 847 g/mol. The lowest BCUT2D eigenvalue weighted by molar-refractivity contribution is -0.136. The third kappa shape index (κ3) is 6.95. The van der Waals surface area contributed by atoms with Gasteiger partial charge < -0.3 is 18.9 Å². The summed E-state index contributed by atoms with van der Waals surface area (Å²) >= 11 is 5.65. The van der Waals surface area contributed by atoms with Crippen molar-refractivity contribution in [3.8, 4) is 23.3 Å². The van der Waals surface area contributed by atoms with Crippen molar-refractivity contribution in [3.63, 3.8) is 0 Å². The summed E-state index contributed by atoms with van der Waals surface area (Å²) < 4.78 is 26.7. The molecule has 3 aromatic carbocycles. The van der Waals surface area contributed by atoms with Crippen molar-refractivity contribution in [2.24, 2.45) is 4.99 Å². The van der Waals surface area contributed by atoms with E-state index in [0.29, 0.717) is 56.5 Å². The summed E-state index contributed by atoms with van der Waals surface area (Å²) in [6, 6.07) is 18.0. The Kier molecular flexibility index (Phi) is 10.6. The molecule has 1 aliphatic heterocycles. The third-order valence-electron chi connectivity index (χ3n) is 6.84. The summed E-state index contributed by atoms with van der Waals surface area (Å²) in [5, 5.41) is 9.51. The van der Waals surface area contributed by atoms with E-state index in [2.05, 4.69) is 56.2 Å². The van der Waals surface area contributed by atoms with Gasteiger partial charge >= 0.3 is 5.97 Å². The molecule has 0 N–H and O–H groups in total. The van der Waals surface area contributed by atoms with Crippen LogP contribution in [0.15, 0.2) is 76.2 Å². The third-order valence-corrected chi connectivity index (χ3v) is 9.26. The van der Waals surface area contributed by atoms with Gasteiger partial charge in [0.1, 0.15) is 12.4 Å². The van der Waals surface area contributed by atoms with Gasteiger partial charge in [-0.15, -0.1) is 0 Å². The molecule has 0 saturated carbocycles. The first-order valence-corrected chi connectivity index (χ1v) is 16.9. The molecule has 0 bridgehead atoms. The number of halogens is 2. The van der Waals surface area contributed by atoms with Crippen molar-refractivity contribution < 1.29 is 23.7 Å². The van der Waals surface area contributed by atoms with Gasteiger partial charge in [-0.1, -0.05) is 35.6 Å². The molecule has 0 saturated heterocycles. The number of rotatable bonds is 10. The Hall–Kier alpha value is -3.68. The van der Waals surface area contributed by atoms with E-state index in [0.717, 1.165) is 12.7 Å². The van der Waals surface area contributed by atoms with Gasteiger partial charge in [0.25, 0.3) is 5.56 Å². The maximum atomic E-state index is 14.1. The highest BCUT2D eigenvalue weighted by molar-refractivity contribution is 14.1. The Balaban J connectivity index is 1.63. The van der Waals surface area contributed by atoms with Gasteiger partial charge in [0, 0.05) is 20.9 Å². The molecule has 1 aliphatic rings. The Morgan fingerprint density at radius 3 is 2.56 bits per heavy atom.